The maximum atomic E-state index is 11.3. The molecule has 0 saturated heterocycles. The summed E-state index contributed by atoms with van der Waals surface area (Å²) in [5.74, 6) is 0. The van der Waals surface area contributed by atoms with E-state index in [1.807, 2.05) is 0 Å². The van der Waals surface area contributed by atoms with E-state index in [0.717, 1.165) is 38.5 Å². The van der Waals surface area contributed by atoms with Crippen LogP contribution in [-0.4, -0.2) is 29.4 Å². The molecule has 6 heteroatoms. The molecule has 0 fully saturated rings. The minimum absolute atomic E-state index is 0. The van der Waals surface area contributed by atoms with E-state index in [1.165, 1.54) is 19.3 Å². The zero-order valence-corrected chi connectivity index (χ0v) is 18.2. The van der Waals surface area contributed by atoms with Crippen LogP contribution in [0.1, 0.15) is 97.3 Å². The predicted octanol–water partition coefficient (Wildman–Crippen LogP) is 1.38. The number of hydrogen-bond acceptors (Lipinski definition) is 4. The average Bonchev–Trinajstić information content (AvgIpc) is 2.45. The van der Waals surface area contributed by atoms with Crippen molar-refractivity contribution in [3.8, 4) is 0 Å². The Hall–Kier alpha value is 0.870. The Kier molecular flexibility index (Phi) is 18.5. The molecule has 0 saturated carbocycles. The van der Waals surface area contributed by atoms with E-state index < -0.39 is 21.5 Å². The van der Waals surface area contributed by atoms with Crippen LogP contribution < -0.4 is 29.6 Å². The predicted molar refractivity (Wildman–Crippen MR) is 90.9 cm³/mol. The first-order chi connectivity index (χ1) is 10.4. The van der Waals surface area contributed by atoms with E-state index in [4.69, 9.17) is 0 Å². The van der Waals surface area contributed by atoms with Crippen molar-refractivity contribution in [3.63, 3.8) is 0 Å². The summed E-state index contributed by atoms with van der Waals surface area (Å²) in [5.41, 5.74) is 0. The van der Waals surface area contributed by atoms with E-state index in [0.29, 0.717) is 25.7 Å². The van der Waals surface area contributed by atoms with Crippen LogP contribution >= 0.6 is 0 Å². The summed E-state index contributed by atoms with van der Waals surface area (Å²) in [6, 6.07) is 0. The Bertz CT molecular complexity index is 347. The van der Waals surface area contributed by atoms with Crippen LogP contribution in [0.15, 0.2) is 0 Å². The topological polar surface area (TPSA) is 77.4 Å². The van der Waals surface area contributed by atoms with Gasteiger partial charge in [0.1, 0.15) is 0 Å². The van der Waals surface area contributed by atoms with Gasteiger partial charge in [0.25, 0.3) is 0 Å². The smallest absolute Gasteiger partial charge is 0.748 e. The van der Waals surface area contributed by atoms with Crippen LogP contribution in [0.4, 0.5) is 0 Å². The molecule has 1 N–H and O–H groups in total. The molecule has 0 spiro atoms. The monoisotopic (exact) mass is 358 g/mol. The molecular weight excluding hydrogens is 323 g/mol. The maximum Gasteiger partial charge on any atom is 1.00 e. The van der Waals surface area contributed by atoms with Crippen LogP contribution in [0.3, 0.4) is 0 Å². The molecule has 0 amide bonds. The molecule has 0 aliphatic carbocycles. The van der Waals surface area contributed by atoms with Crippen molar-refractivity contribution in [3.05, 3.63) is 0 Å². The molecule has 0 bridgehead atoms. The quantitative estimate of drug-likeness (QED) is 0.272. The fourth-order valence-electron chi connectivity index (χ4n) is 2.74. The second-order valence-electron chi connectivity index (χ2n) is 6.40. The van der Waals surface area contributed by atoms with Crippen LogP contribution in [-0.2, 0) is 10.1 Å². The van der Waals surface area contributed by atoms with Gasteiger partial charge in [-0.15, -0.1) is 0 Å². The zero-order valence-electron chi connectivity index (χ0n) is 15.4. The van der Waals surface area contributed by atoms with E-state index >= 15 is 0 Å². The minimum Gasteiger partial charge on any atom is -0.748 e. The van der Waals surface area contributed by atoms with Gasteiger partial charge in [-0.1, -0.05) is 71.6 Å². The number of hydrogen-bond donors (Lipinski definition) is 1. The summed E-state index contributed by atoms with van der Waals surface area (Å²) < 4.78 is 33.9. The number of aliphatic hydroxyl groups is 1. The SMILES string of the molecule is CCCCCCCC(O)CCC(CCCCCC)S(=O)(=O)[O-].[Na+]. The van der Waals surface area contributed by atoms with Gasteiger partial charge in [-0.25, -0.2) is 8.42 Å². The zero-order chi connectivity index (χ0) is 16.8. The van der Waals surface area contributed by atoms with Crippen LogP contribution in [0.25, 0.3) is 0 Å². The Morgan fingerprint density at radius 3 is 1.78 bits per heavy atom. The number of rotatable bonds is 15. The molecule has 0 radical (unpaired) electrons. The second kappa shape index (κ2) is 16.3. The summed E-state index contributed by atoms with van der Waals surface area (Å²) >= 11 is 0. The molecule has 23 heavy (non-hydrogen) atoms. The van der Waals surface area contributed by atoms with Crippen molar-refractivity contribution in [1.82, 2.24) is 0 Å². The van der Waals surface area contributed by atoms with Gasteiger partial charge in [-0.05, 0) is 25.7 Å². The standard InChI is InChI=1S/C17H36O4S.Na/c1-3-5-7-9-10-12-16(18)14-15-17(22(19,20)21)13-11-8-6-4-2;/h16-18H,3-15H2,1-2H3,(H,19,20,21);/q;+1/p-1. The van der Waals surface area contributed by atoms with E-state index in [9.17, 15) is 18.1 Å². The minimum atomic E-state index is -4.24. The number of unbranched alkanes of at least 4 members (excludes halogenated alkanes) is 7. The van der Waals surface area contributed by atoms with E-state index in [1.54, 1.807) is 0 Å². The molecule has 0 aliphatic rings. The van der Waals surface area contributed by atoms with Gasteiger partial charge in [0.2, 0.25) is 0 Å². The van der Waals surface area contributed by atoms with Crippen molar-refractivity contribution in [1.29, 1.82) is 0 Å². The molecule has 0 aliphatic heterocycles. The van der Waals surface area contributed by atoms with Crippen LogP contribution in [0.2, 0.25) is 0 Å². The van der Waals surface area contributed by atoms with Crippen LogP contribution in [0, 0.1) is 0 Å². The molecule has 134 valence electrons. The van der Waals surface area contributed by atoms with Gasteiger partial charge in [0, 0.05) is 5.25 Å². The summed E-state index contributed by atoms with van der Waals surface area (Å²) in [7, 11) is -4.24. The third kappa shape index (κ3) is 16.1. The molecule has 2 atom stereocenters. The largest absolute Gasteiger partial charge is 1.00 e. The molecule has 2 unspecified atom stereocenters. The molecule has 0 rings (SSSR count). The third-order valence-corrected chi connectivity index (χ3v) is 5.54. The van der Waals surface area contributed by atoms with Gasteiger partial charge in [0.15, 0.2) is 0 Å². The average molecular weight is 359 g/mol. The first-order valence-corrected chi connectivity index (χ1v) is 10.5. The van der Waals surface area contributed by atoms with Gasteiger partial charge in [-0.2, -0.15) is 0 Å². The summed E-state index contributed by atoms with van der Waals surface area (Å²) in [6.45, 7) is 4.26. The van der Waals surface area contributed by atoms with Crippen molar-refractivity contribution in [2.45, 2.75) is 109 Å². The van der Waals surface area contributed by atoms with Gasteiger partial charge in [-0.3, -0.25) is 0 Å². The molecule has 0 aromatic carbocycles. The van der Waals surface area contributed by atoms with Gasteiger partial charge in [0.05, 0.1) is 16.2 Å². The third-order valence-electron chi connectivity index (χ3n) is 4.25. The first kappa shape index (κ1) is 26.1. The number of aliphatic hydroxyl groups excluding tert-OH is 1. The fourth-order valence-corrected chi connectivity index (χ4v) is 3.62. The van der Waals surface area contributed by atoms with E-state index in [-0.39, 0.29) is 29.6 Å². The van der Waals surface area contributed by atoms with Gasteiger partial charge < -0.3 is 9.66 Å². The molecule has 0 heterocycles. The molecule has 0 aromatic heterocycles. The van der Waals surface area contributed by atoms with E-state index in [2.05, 4.69) is 13.8 Å². The van der Waals surface area contributed by atoms with Gasteiger partial charge >= 0.3 is 29.6 Å². The Labute approximate surface area is 165 Å². The second-order valence-corrected chi connectivity index (χ2v) is 8.05. The normalized spacial score (nSPS) is 14.3. The van der Waals surface area contributed by atoms with Crippen molar-refractivity contribution in [2.75, 3.05) is 0 Å². The Morgan fingerprint density at radius 2 is 1.26 bits per heavy atom. The Morgan fingerprint density at radius 1 is 0.783 bits per heavy atom. The molecule has 0 aromatic rings. The Balaban J connectivity index is 0. The van der Waals surface area contributed by atoms with Crippen LogP contribution in [0.5, 0.6) is 0 Å². The molecular formula is C17H35NaO4S. The maximum absolute atomic E-state index is 11.3. The summed E-state index contributed by atoms with van der Waals surface area (Å²) in [4.78, 5) is 0. The molecule has 4 nitrogen and oxygen atoms in total. The first-order valence-electron chi connectivity index (χ1n) is 9.04. The van der Waals surface area contributed by atoms with Crippen molar-refractivity contribution in [2.24, 2.45) is 0 Å². The summed E-state index contributed by atoms with van der Waals surface area (Å²) in [6.07, 6.45) is 11.0. The van der Waals surface area contributed by atoms with Crippen molar-refractivity contribution >= 4 is 10.1 Å². The van der Waals surface area contributed by atoms with Crippen molar-refractivity contribution < 1.29 is 47.6 Å². The summed E-state index contributed by atoms with van der Waals surface area (Å²) in [5, 5.41) is 9.11. The fraction of sp³-hybridized carbons (Fsp3) is 1.00.